The molecular weight excluding hydrogens is 352 g/mol. The third-order valence-electron chi connectivity index (χ3n) is 3.60. The van der Waals surface area contributed by atoms with Gasteiger partial charge in [0, 0.05) is 37.1 Å². The standard InChI is InChI=1S/C13H13BrN6S/c14-11-5-9(7-21-11)10-6-16-12(13-18-17-8-20(10)13)19-3-1-15-2-4-19/h5-8,15H,1-4H2. The lowest BCUT2D eigenvalue weighted by Gasteiger charge is -2.28. The minimum atomic E-state index is 0.816. The highest BCUT2D eigenvalue weighted by atomic mass is 79.9. The summed E-state index contributed by atoms with van der Waals surface area (Å²) in [6.45, 7) is 3.83. The van der Waals surface area contributed by atoms with Gasteiger partial charge in [0.2, 0.25) is 5.65 Å². The van der Waals surface area contributed by atoms with Crippen molar-refractivity contribution in [2.24, 2.45) is 0 Å². The number of hydrogen-bond donors (Lipinski definition) is 1. The monoisotopic (exact) mass is 364 g/mol. The fourth-order valence-corrected chi connectivity index (χ4v) is 3.71. The zero-order valence-corrected chi connectivity index (χ0v) is 13.6. The Morgan fingerprint density at radius 1 is 1.29 bits per heavy atom. The minimum Gasteiger partial charge on any atom is -0.351 e. The van der Waals surface area contributed by atoms with Crippen molar-refractivity contribution < 1.29 is 0 Å². The Hall–Kier alpha value is -1.51. The van der Waals surface area contributed by atoms with E-state index in [-0.39, 0.29) is 0 Å². The van der Waals surface area contributed by atoms with Crippen LogP contribution in [0.1, 0.15) is 0 Å². The van der Waals surface area contributed by atoms with Crippen LogP contribution in [-0.2, 0) is 0 Å². The van der Waals surface area contributed by atoms with Crippen LogP contribution in [-0.4, -0.2) is 45.8 Å². The summed E-state index contributed by atoms with van der Waals surface area (Å²) in [6, 6.07) is 2.09. The van der Waals surface area contributed by atoms with Crippen molar-refractivity contribution in [3.63, 3.8) is 0 Å². The van der Waals surface area contributed by atoms with Crippen molar-refractivity contribution in [1.29, 1.82) is 0 Å². The van der Waals surface area contributed by atoms with Crippen molar-refractivity contribution in [2.45, 2.75) is 0 Å². The Morgan fingerprint density at radius 2 is 2.14 bits per heavy atom. The molecule has 21 heavy (non-hydrogen) atoms. The molecule has 3 aromatic heterocycles. The molecule has 0 atom stereocenters. The summed E-state index contributed by atoms with van der Waals surface area (Å²) in [5.41, 5.74) is 2.95. The Bertz CT molecular complexity index is 776. The lowest BCUT2D eigenvalue weighted by Crippen LogP contribution is -2.44. The first-order chi connectivity index (χ1) is 10.3. The third-order valence-corrected chi connectivity index (χ3v) is 5.10. The van der Waals surface area contributed by atoms with Crippen LogP contribution < -0.4 is 10.2 Å². The van der Waals surface area contributed by atoms with Gasteiger partial charge in [-0.05, 0) is 22.0 Å². The fraction of sp³-hybridized carbons (Fsp3) is 0.308. The first kappa shape index (κ1) is 13.2. The van der Waals surface area contributed by atoms with Gasteiger partial charge in [-0.1, -0.05) is 0 Å². The molecule has 4 rings (SSSR count). The van der Waals surface area contributed by atoms with E-state index >= 15 is 0 Å². The number of thiophene rings is 1. The zero-order valence-electron chi connectivity index (χ0n) is 11.2. The molecule has 0 spiro atoms. The van der Waals surface area contributed by atoms with Crippen molar-refractivity contribution in [3.8, 4) is 11.3 Å². The average Bonchev–Trinajstić information content (AvgIpc) is 3.16. The molecule has 0 saturated carbocycles. The number of anilines is 1. The number of rotatable bonds is 2. The predicted molar refractivity (Wildman–Crippen MR) is 86.9 cm³/mol. The van der Waals surface area contributed by atoms with Crippen LogP contribution in [0.15, 0.2) is 27.8 Å². The third kappa shape index (κ3) is 2.33. The molecule has 108 valence electrons. The number of piperazine rings is 1. The van der Waals surface area contributed by atoms with Gasteiger partial charge in [0.1, 0.15) is 6.33 Å². The SMILES string of the molecule is Brc1cc(-c2cnc(N3CCNCC3)c3nncn23)cs1. The molecule has 0 unspecified atom stereocenters. The van der Waals surface area contributed by atoms with Crippen LogP contribution in [0.2, 0.25) is 0 Å². The zero-order chi connectivity index (χ0) is 14.2. The molecule has 0 amide bonds. The summed E-state index contributed by atoms with van der Waals surface area (Å²) in [4.78, 5) is 6.91. The van der Waals surface area contributed by atoms with E-state index in [4.69, 9.17) is 0 Å². The van der Waals surface area contributed by atoms with E-state index in [0.29, 0.717) is 0 Å². The second kappa shape index (κ2) is 5.36. The molecule has 4 heterocycles. The summed E-state index contributed by atoms with van der Waals surface area (Å²) < 4.78 is 3.11. The number of fused-ring (bicyclic) bond motifs is 1. The highest BCUT2D eigenvalue weighted by Gasteiger charge is 2.18. The van der Waals surface area contributed by atoms with E-state index < -0.39 is 0 Å². The quantitative estimate of drug-likeness (QED) is 0.753. The lowest BCUT2D eigenvalue weighted by atomic mass is 10.2. The van der Waals surface area contributed by atoms with Crippen molar-refractivity contribution >= 4 is 38.7 Å². The first-order valence-electron chi connectivity index (χ1n) is 6.72. The maximum atomic E-state index is 4.65. The van der Waals surface area contributed by atoms with Gasteiger partial charge in [0.05, 0.1) is 15.7 Å². The summed E-state index contributed by atoms with van der Waals surface area (Å²) in [5, 5.41) is 13.8. The molecule has 1 saturated heterocycles. The van der Waals surface area contributed by atoms with Crippen LogP contribution in [0.25, 0.3) is 16.9 Å². The van der Waals surface area contributed by atoms with Gasteiger partial charge in [-0.25, -0.2) is 4.98 Å². The molecule has 0 aliphatic carbocycles. The Labute approximate surface area is 134 Å². The lowest BCUT2D eigenvalue weighted by molar-refractivity contribution is 0.585. The van der Waals surface area contributed by atoms with E-state index in [2.05, 4.69) is 52.8 Å². The molecular formula is C13H13BrN6S. The largest absolute Gasteiger partial charge is 0.351 e. The Balaban J connectivity index is 1.83. The highest BCUT2D eigenvalue weighted by molar-refractivity contribution is 9.11. The molecule has 1 N–H and O–H groups in total. The van der Waals surface area contributed by atoms with Crippen LogP contribution in [0.5, 0.6) is 0 Å². The van der Waals surface area contributed by atoms with Gasteiger partial charge in [-0.2, -0.15) is 0 Å². The van der Waals surface area contributed by atoms with E-state index in [0.717, 1.165) is 52.7 Å². The van der Waals surface area contributed by atoms with Crippen LogP contribution in [0.3, 0.4) is 0 Å². The van der Waals surface area contributed by atoms with Gasteiger partial charge in [0.15, 0.2) is 5.82 Å². The fourth-order valence-electron chi connectivity index (χ4n) is 2.56. The number of aromatic nitrogens is 4. The second-order valence-corrected chi connectivity index (χ2v) is 7.16. The smallest absolute Gasteiger partial charge is 0.204 e. The molecule has 1 aliphatic heterocycles. The molecule has 0 radical (unpaired) electrons. The molecule has 6 nitrogen and oxygen atoms in total. The van der Waals surface area contributed by atoms with Crippen molar-refractivity contribution in [1.82, 2.24) is 24.9 Å². The van der Waals surface area contributed by atoms with Crippen LogP contribution in [0.4, 0.5) is 5.82 Å². The number of nitrogens with zero attached hydrogens (tertiary/aromatic N) is 5. The summed E-state index contributed by atoms with van der Waals surface area (Å²) >= 11 is 5.16. The van der Waals surface area contributed by atoms with E-state index in [1.54, 1.807) is 17.7 Å². The van der Waals surface area contributed by atoms with E-state index in [9.17, 15) is 0 Å². The number of halogens is 1. The molecule has 8 heteroatoms. The van der Waals surface area contributed by atoms with Gasteiger partial charge in [-0.15, -0.1) is 21.5 Å². The Kier molecular flexibility index (Phi) is 3.36. The van der Waals surface area contributed by atoms with Gasteiger partial charge < -0.3 is 10.2 Å². The van der Waals surface area contributed by atoms with Gasteiger partial charge in [-0.3, -0.25) is 4.40 Å². The first-order valence-corrected chi connectivity index (χ1v) is 8.39. The van der Waals surface area contributed by atoms with Crippen molar-refractivity contribution in [3.05, 3.63) is 27.8 Å². The number of nitrogens with one attached hydrogen (secondary N) is 1. The minimum absolute atomic E-state index is 0.816. The molecule has 3 aromatic rings. The normalized spacial score (nSPS) is 15.8. The van der Waals surface area contributed by atoms with Gasteiger partial charge in [0.25, 0.3) is 0 Å². The summed E-state index contributed by atoms with van der Waals surface area (Å²) in [6.07, 6.45) is 3.66. The molecule has 0 aromatic carbocycles. The maximum absolute atomic E-state index is 4.65. The second-order valence-electron chi connectivity index (χ2n) is 4.87. The average molecular weight is 365 g/mol. The topological polar surface area (TPSA) is 58.4 Å². The molecule has 0 bridgehead atoms. The number of hydrogen-bond acceptors (Lipinski definition) is 6. The van der Waals surface area contributed by atoms with Crippen LogP contribution >= 0.6 is 27.3 Å². The van der Waals surface area contributed by atoms with E-state index in [1.165, 1.54) is 0 Å². The maximum Gasteiger partial charge on any atom is 0.204 e. The summed E-state index contributed by atoms with van der Waals surface area (Å²) in [7, 11) is 0. The van der Waals surface area contributed by atoms with Crippen molar-refractivity contribution in [2.75, 3.05) is 31.1 Å². The van der Waals surface area contributed by atoms with E-state index in [1.807, 2.05) is 10.6 Å². The summed E-state index contributed by atoms with van der Waals surface area (Å²) in [5.74, 6) is 0.909. The molecule has 1 aliphatic rings. The Morgan fingerprint density at radius 3 is 2.90 bits per heavy atom. The molecule has 1 fully saturated rings. The van der Waals surface area contributed by atoms with Crippen LogP contribution in [0, 0.1) is 0 Å². The van der Waals surface area contributed by atoms with Gasteiger partial charge >= 0.3 is 0 Å². The predicted octanol–water partition coefficient (Wildman–Crippen LogP) is 2.02. The highest BCUT2D eigenvalue weighted by Crippen LogP contribution is 2.30.